The molecule has 22 heavy (non-hydrogen) atoms. The fourth-order valence-electron chi connectivity index (χ4n) is 2.34. The number of carboxylic acids is 1. The van der Waals surface area contributed by atoms with Gasteiger partial charge < -0.3 is 9.84 Å². The maximum Gasteiger partial charge on any atom is 0.305 e. The number of rotatable bonds is 15. The summed E-state index contributed by atoms with van der Waals surface area (Å²) in [6.45, 7) is 5.02. The zero-order chi connectivity index (χ0) is 16.6. The average Bonchev–Trinajstić information content (AvgIpc) is 2.44. The van der Waals surface area contributed by atoms with E-state index < -0.39 is 5.97 Å². The van der Waals surface area contributed by atoms with E-state index in [1.54, 1.807) is 0 Å². The fraction of sp³-hybridized carbons (Fsp3) is 0.889. The number of aliphatic carboxylic acids is 1. The van der Waals surface area contributed by atoms with Crippen LogP contribution in [0.5, 0.6) is 0 Å². The molecule has 0 fully saturated rings. The van der Waals surface area contributed by atoms with Gasteiger partial charge in [-0.2, -0.15) is 0 Å². The SMILES string of the molecule is CC(C)CCCCCOC(=O)CCCCCCCCC(=O)O. The van der Waals surface area contributed by atoms with Crippen LogP contribution in [0.4, 0.5) is 0 Å². The van der Waals surface area contributed by atoms with E-state index in [4.69, 9.17) is 9.84 Å². The molecule has 0 amide bonds. The summed E-state index contributed by atoms with van der Waals surface area (Å²) in [5, 5.41) is 8.51. The zero-order valence-corrected chi connectivity index (χ0v) is 14.4. The van der Waals surface area contributed by atoms with Crippen LogP contribution in [0.2, 0.25) is 0 Å². The second-order valence-corrected chi connectivity index (χ2v) is 6.48. The summed E-state index contributed by atoms with van der Waals surface area (Å²) in [7, 11) is 0. The molecular formula is C18H34O4. The van der Waals surface area contributed by atoms with Crippen molar-refractivity contribution in [2.24, 2.45) is 5.92 Å². The molecule has 4 nitrogen and oxygen atoms in total. The highest BCUT2D eigenvalue weighted by Gasteiger charge is 2.03. The maximum absolute atomic E-state index is 11.5. The van der Waals surface area contributed by atoms with E-state index in [0.717, 1.165) is 57.3 Å². The summed E-state index contributed by atoms with van der Waals surface area (Å²) in [6.07, 6.45) is 11.1. The van der Waals surface area contributed by atoms with Crippen LogP contribution in [-0.2, 0) is 14.3 Å². The lowest BCUT2D eigenvalue weighted by molar-refractivity contribution is -0.144. The van der Waals surface area contributed by atoms with Gasteiger partial charge in [-0.25, -0.2) is 0 Å². The summed E-state index contributed by atoms with van der Waals surface area (Å²) in [4.78, 5) is 21.8. The predicted octanol–water partition coefficient (Wildman–Crippen LogP) is 4.95. The molecule has 1 N–H and O–H groups in total. The van der Waals surface area contributed by atoms with Gasteiger partial charge >= 0.3 is 11.9 Å². The number of carbonyl (C=O) groups is 2. The summed E-state index contributed by atoms with van der Waals surface area (Å²) in [5.41, 5.74) is 0. The zero-order valence-electron chi connectivity index (χ0n) is 14.4. The van der Waals surface area contributed by atoms with Crippen molar-refractivity contribution in [2.45, 2.75) is 90.9 Å². The van der Waals surface area contributed by atoms with Gasteiger partial charge in [0.25, 0.3) is 0 Å². The molecule has 0 spiro atoms. The fourth-order valence-corrected chi connectivity index (χ4v) is 2.34. The molecule has 0 atom stereocenters. The molecular weight excluding hydrogens is 280 g/mol. The molecule has 4 heteroatoms. The van der Waals surface area contributed by atoms with Crippen LogP contribution < -0.4 is 0 Å². The van der Waals surface area contributed by atoms with Crippen LogP contribution in [-0.4, -0.2) is 23.7 Å². The lowest BCUT2D eigenvalue weighted by atomic mass is 10.1. The van der Waals surface area contributed by atoms with Crippen LogP contribution in [0.3, 0.4) is 0 Å². The standard InChI is InChI=1S/C18H34O4/c1-16(2)12-8-7-11-15-22-18(21)14-10-6-4-3-5-9-13-17(19)20/h16H,3-15H2,1-2H3,(H,19,20). The largest absolute Gasteiger partial charge is 0.481 e. The van der Waals surface area contributed by atoms with Gasteiger partial charge in [0.2, 0.25) is 0 Å². The molecule has 0 bridgehead atoms. The Balaban J connectivity index is 3.21. The van der Waals surface area contributed by atoms with Gasteiger partial charge in [-0.3, -0.25) is 9.59 Å². The van der Waals surface area contributed by atoms with Gasteiger partial charge in [-0.05, 0) is 25.2 Å². The second kappa shape index (κ2) is 14.9. The Kier molecular flexibility index (Phi) is 14.1. The van der Waals surface area contributed by atoms with Gasteiger partial charge in [-0.15, -0.1) is 0 Å². The Bertz CT molecular complexity index is 287. The number of ether oxygens (including phenoxy) is 1. The number of carbonyl (C=O) groups excluding carboxylic acids is 1. The van der Waals surface area contributed by atoms with E-state index in [9.17, 15) is 9.59 Å². The van der Waals surface area contributed by atoms with Crippen molar-refractivity contribution in [3.05, 3.63) is 0 Å². The van der Waals surface area contributed by atoms with E-state index in [0.29, 0.717) is 13.0 Å². The highest BCUT2D eigenvalue weighted by Crippen LogP contribution is 2.10. The van der Waals surface area contributed by atoms with Crippen LogP contribution in [0.15, 0.2) is 0 Å². The lowest BCUT2D eigenvalue weighted by Crippen LogP contribution is -2.05. The van der Waals surface area contributed by atoms with Gasteiger partial charge in [0.1, 0.15) is 0 Å². The first-order chi connectivity index (χ1) is 10.5. The number of esters is 1. The van der Waals surface area contributed by atoms with Crippen LogP contribution in [0.25, 0.3) is 0 Å². The van der Waals surface area contributed by atoms with Crippen molar-refractivity contribution in [2.75, 3.05) is 6.61 Å². The maximum atomic E-state index is 11.5. The third kappa shape index (κ3) is 17.0. The number of carboxylic acid groups (broad SMARTS) is 1. The summed E-state index contributed by atoms with van der Waals surface area (Å²) in [5.74, 6) is -0.0339. The first kappa shape index (κ1) is 20.9. The quantitative estimate of drug-likeness (QED) is 0.343. The molecule has 130 valence electrons. The number of hydrogen-bond acceptors (Lipinski definition) is 3. The molecule has 0 saturated heterocycles. The monoisotopic (exact) mass is 314 g/mol. The van der Waals surface area contributed by atoms with Crippen molar-refractivity contribution in [3.63, 3.8) is 0 Å². The topological polar surface area (TPSA) is 63.6 Å². The van der Waals surface area contributed by atoms with Crippen molar-refractivity contribution in [3.8, 4) is 0 Å². The molecule has 0 unspecified atom stereocenters. The molecule has 0 heterocycles. The summed E-state index contributed by atoms with van der Waals surface area (Å²) >= 11 is 0. The Morgan fingerprint density at radius 2 is 1.36 bits per heavy atom. The molecule has 0 aromatic carbocycles. The first-order valence-electron chi connectivity index (χ1n) is 8.89. The first-order valence-corrected chi connectivity index (χ1v) is 8.89. The normalized spacial score (nSPS) is 10.9. The molecule has 0 aromatic rings. The molecule has 0 radical (unpaired) electrons. The Hall–Kier alpha value is -1.06. The summed E-state index contributed by atoms with van der Waals surface area (Å²) < 4.78 is 5.22. The molecule has 0 aliphatic rings. The minimum Gasteiger partial charge on any atom is -0.481 e. The molecule has 0 rings (SSSR count). The second-order valence-electron chi connectivity index (χ2n) is 6.48. The predicted molar refractivity (Wildman–Crippen MR) is 88.8 cm³/mol. The summed E-state index contributed by atoms with van der Waals surface area (Å²) in [6, 6.07) is 0. The number of unbranched alkanes of at least 4 members (excludes halogenated alkanes) is 7. The van der Waals surface area contributed by atoms with Gasteiger partial charge in [0.05, 0.1) is 6.61 Å². The average molecular weight is 314 g/mol. The molecule has 0 saturated carbocycles. The van der Waals surface area contributed by atoms with Gasteiger partial charge in [0.15, 0.2) is 0 Å². The van der Waals surface area contributed by atoms with Crippen LogP contribution in [0.1, 0.15) is 90.9 Å². The Morgan fingerprint density at radius 3 is 1.95 bits per heavy atom. The third-order valence-corrected chi connectivity index (χ3v) is 3.71. The Morgan fingerprint density at radius 1 is 0.818 bits per heavy atom. The van der Waals surface area contributed by atoms with Gasteiger partial charge in [0, 0.05) is 12.8 Å². The van der Waals surface area contributed by atoms with E-state index in [2.05, 4.69) is 13.8 Å². The molecule has 0 aromatic heterocycles. The smallest absolute Gasteiger partial charge is 0.305 e. The van der Waals surface area contributed by atoms with E-state index >= 15 is 0 Å². The third-order valence-electron chi connectivity index (χ3n) is 3.71. The van der Waals surface area contributed by atoms with E-state index in [1.807, 2.05) is 0 Å². The van der Waals surface area contributed by atoms with Crippen molar-refractivity contribution >= 4 is 11.9 Å². The van der Waals surface area contributed by atoms with Crippen LogP contribution in [0, 0.1) is 5.92 Å². The molecule has 0 aliphatic carbocycles. The van der Waals surface area contributed by atoms with Crippen LogP contribution >= 0.6 is 0 Å². The van der Waals surface area contributed by atoms with Crippen molar-refractivity contribution in [1.82, 2.24) is 0 Å². The highest BCUT2D eigenvalue weighted by molar-refractivity contribution is 5.69. The Labute approximate surface area is 135 Å². The minimum absolute atomic E-state index is 0.0743. The van der Waals surface area contributed by atoms with E-state index in [-0.39, 0.29) is 12.4 Å². The van der Waals surface area contributed by atoms with Crippen molar-refractivity contribution < 1.29 is 19.4 Å². The van der Waals surface area contributed by atoms with Gasteiger partial charge in [-0.1, -0.05) is 58.8 Å². The number of hydrogen-bond donors (Lipinski definition) is 1. The highest BCUT2D eigenvalue weighted by atomic mass is 16.5. The molecule has 0 aliphatic heterocycles. The minimum atomic E-state index is -0.716. The van der Waals surface area contributed by atoms with E-state index in [1.165, 1.54) is 12.8 Å². The lowest BCUT2D eigenvalue weighted by Gasteiger charge is -2.06. The van der Waals surface area contributed by atoms with Crippen molar-refractivity contribution in [1.29, 1.82) is 0 Å².